The second-order valence-electron chi connectivity index (χ2n) is 1.56. The zero-order valence-corrected chi connectivity index (χ0v) is 5.57. The first kappa shape index (κ1) is 7.34. The van der Waals surface area contributed by atoms with Crippen molar-refractivity contribution >= 4 is 11.6 Å². The number of alkyl halides is 1. The molecule has 0 radical (unpaired) electrons. The SMILES string of the molecule is FCc1ncnc(Cl)c1F. The molecule has 0 spiro atoms. The molecule has 0 saturated heterocycles. The fraction of sp³-hybridized carbons (Fsp3) is 0.200. The number of nitrogens with zero attached hydrogens (tertiary/aromatic N) is 2. The maximum atomic E-state index is 12.5. The summed E-state index contributed by atoms with van der Waals surface area (Å²) in [6.07, 6.45) is 1.01. The summed E-state index contributed by atoms with van der Waals surface area (Å²) in [4.78, 5) is 6.61. The lowest BCUT2D eigenvalue weighted by molar-refractivity contribution is 0.450. The summed E-state index contributed by atoms with van der Waals surface area (Å²) in [5.41, 5.74) is -0.306. The van der Waals surface area contributed by atoms with Crippen LogP contribution in [0.5, 0.6) is 0 Å². The highest BCUT2D eigenvalue weighted by atomic mass is 35.5. The lowest BCUT2D eigenvalue weighted by Crippen LogP contribution is -1.94. The largest absolute Gasteiger partial charge is 0.244 e. The molecule has 0 N–H and O–H groups in total. The topological polar surface area (TPSA) is 25.8 Å². The zero-order valence-electron chi connectivity index (χ0n) is 4.81. The van der Waals surface area contributed by atoms with Crippen LogP contribution in [0.3, 0.4) is 0 Å². The average molecular weight is 165 g/mol. The van der Waals surface area contributed by atoms with Crippen LogP contribution in [0, 0.1) is 5.82 Å². The van der Waals surface area contributed by atoms with Gasteiger partial charge in [0.1, 0.15) is 18.7 Å². The van der Waals surface area contributed by atoms with E-state index in [1.54, 1.807) is 0 Å². The Hall–Kier alpha value is -0.770. The Morgan fingerprint density at radius 1 is 1.50 bits per heavy atom. The van der Waals surface area contributed by atoms with Gasteiger partial charge in [-0.15, -0.1) is 0 Å². The molecular formula is C5H3ClF2N2. The van der Waals surface area contributed by atoms with E-state index in [2.05, 4.69) is 9.97 Å². The molecule has 0 aromatic carbocycles. The van der Waals surface area contributed by atoms with Crippen LogP contribution in [0.4, 0.5) is 8.78 Å². The van der Waals surface area contributed by atoms with Gasteiger partial charge in [-0.3, -0.25) is 0 Å². The van der Waals surface area contributed by atoms with Crippen molar-refractivity contribution in [3.63, 3.8) is 0 Å². The van der Waals surface area contributed by atoms with Crippen molar-refractivity contribution in [1.29, 1.82) is 0 Å². The lowest BCUT2D eigenvalue weighted by atomic mass is 10.4. The molecule has 0 aliphatic heterocycles. The van der Waals surface area contributed by atoms with Gasteiger partial charge in [-0.1, -0.05) is 11.6 Å². The molecule has 2 nitrogen and oxygen atoms in total. The fourth-order valence-electron chi connectivity index (χ4n) is 0.475. The summed E-state index contributed by atoms with van der Waals surface area (Å²) in [6.45, 7) is -0.964. The van der Waals surface area contributed by atoms with E-state index in [1.807, 2.05) is 0 Å². The molecule has 5 heteroatoms. The monoisotopic (exact) mass is 164 g/mol. The first-order chi connectivity index (χ1) is 4.75. The third-order valence-electron chi connectivity index (χ3n) is 0.946. The third kappa shape index (κ3) is 1.21. The fourth-order valence-corrected chi connectivity index (χ4v) is 0.628. The summed E-state index contributed by atoms with van der Waals surface area (Å²) in [5, 5.41) is -0.345. The summed E-state index contributed by atoms with van der Waals surface area (Å²) in [5.74, 6) is -0.883. The Kier molecular flexibility index (Phi) is 2.11. The molecule has 1 aromatic heterocycles. The molecule has 0 bridgehead atoms. The highest BCUT2D eigenvalue weighted by molar-refractivity contribution is 6.29. The normalized spacial score (nSPS) is 9.90. The quantitative estimate of drug-likeness (QED) is 0.591. The van der Waals surface area contributed by atoms with Gasteiger partial charge >= 0.3 is 0 Å². The minimum Gasteiger partial charge on any atom is -0.244 e. The van der Waals surface area contributed by atoms with Crippen molar-refractivity contribution in [2.75, 3.05) is 0 Å². The lowest BCUT2D eigenvalue weighted by Gasteiger charge is -1.95. The molecule has 0 fully saturated rings. The summed E-state index contributed by atoms with van der Waals surface area (Å²) < 4.78 is 24.3. The number of hydrogen-bond acceptors (Lipinski definition) is 2. The van der Waals surface area contributed by atoms with Gasteiger partial charge in [-0.25, -0.2) is 18.7 Å². The molecule has 0 amide bonds. The van der Waals surface area contributed by atoms with Gasteiger partial charge < -0.3 is 0 Å². The second kappa shape index (κ2) is 2.88. The molecule has 0 aliphatic rings. The van der Waals surface area contributed by atoms with Crippen LogP contribution in [0.1, 0.15) is 5.69 Å². The maximum Gasteiger partial charge on any atom is 0.184 e. The van der Waals surface area contributed by atoms with Crippen LogP contribution in [0.2, 0.25) is 5.15 Å². The van der Waals surface area contributed by atoms with Crippen LogP contribution in [-0.2, 0) is 6.67 Å². The molecular weight excluding hydrogens is 162 g/mol. The van der Waals surface area contributed by atoms with E-state index in [1.165, 1.54) is 0 Å². The van der Waals surface area contributed by atoms with E-state index in [-0.39, 0.29) is 10.8 Å². The Balaban J connectivity index is 3.14. The van der Waals surface area contributed by atoms with Crippen molar-refractivity contribution in [1.82, 2.24) is 9.97 Å². The molecule has 0 saturated carbocycles. The van der Waals surface area contributed by atoms with E-state index in [4.69, 9.17) is 11.6 Å². The van der Waals surface area contributed by atoms with E-state index in [9.17, 15) is 8.78 Å². The van der Waals surface area contributed by atoms with Gasteiger partial charge in [0, 0.05) is 0 Å². The van der Waals surface area contributed by atoms with E-state index >= 15 is 0 Å². The van der Waals surface area contributed by atoms with Gasteiger partial charge in [0.05, 0.1) is 0 Å². The van der Waals surface area contributed by atoms with Gasteiger partial charge in [-0.05, 0) is 0 Å². The van der Waals surface area contributed by atoms with Crippen LogP contribution in [0.25, 0.3) is 0 Å². The Morgan fingerprint density at radius 3 is 2.70 bits per heavy atom. The minimum absolute atomic E-state index is 0.306. The first-order valence-electron chi connectivity index (χ1n) is 2.46. The summed E-state index contributed by atoms with van der Waals surface area (Å²) in [6, 6.07) is 0. The number of rotatable bonds is 1. The molecule has 0 aliphatic carbocycles. The first-order valence-corrected chi connectivity index (χ1v) is 2.84. The van der Waals surface area contributed by atoms with E-state index < -0.39 is 12.5 Å². The van der Waals surface area contributed by atoms with E-state index in [0.29, 0.717) is 0 Å². The Labute approximate surface area is 60.9 Å². The third-order valence-corrected chi connectivity index (χ3v) is 1.21. The van der Waals surface area contributed by atoms with Crippen LogP contribution in [-0.4, -0.2) is 9.97 Å². The maximum absolute atomic E-state index is 12.5. The van der Waals surface area contributed by atoms with Crippen molar-refractivity contribution in [3.05, 3.63) is 23.0 Å². The summed E-state index contributed by atoms with van der Waals surface area (Å²) >= 11 is 5.20. The zero-order chi connectivity index (χ0) is 7.56. The van der Waals surface area contributed by atoms with Crippen LogP contribution < -0.4 is 0 Å². The van der Waals surface area contributed by atoms with Crippen LogP contribution in [0.15, 0.2) is 6.33 Å². The van der Waals surface area contributed by atoms with Crippen molar-refractivity contribution in [3.8, 4) is 0 Å². The van der Waals surface area contributed by atoms with Crippen molar-refractivity contribution in [2.24, 2.45) is 0 Å². The molecule has 0 atom stereocenters. The highest BCUT2D eigenvalue weighted by Gasteiger charge is 2.07. The number of aromatic nitrogens is 2. The number of hydrogen-bond donors (Lipinski definition) is 0. The Morgan fingerprint density at radius 2 is 2.20 bits per heavy atom. The van der Waals surface area contributed by atoms with Crippen LogP contribution >= 0.6 is 11.6 Å². The molecule has 1 aromatic rings. The van der Waals surface area contributed by atoms with Gasteiger partial charge in [-0.2, -0.15) is 0 Å². The van der Waals surface area contributed by atoms with E-state index in [0.717, 1.165) is 6.33 Å². The van der Waals surface area contributed by atoms with Crippen molar-refractivity contribution < 1.29 is 8.78 Å². The van der Waals surface area contributed by atoms with Gasteiger partial charge in [0.2, 0.25) is 0 Å². The minimum atomic E-state index is -0.964. The average Bonchev–Trinajstić information content (AvgIpc) is 1.95. The molecule has 1 heterocycles. The standard InChI is InChI=1S/C5H3ClF2N2/c6-5-4(8)3(1-7)9-2-10-5/h2H,1H2. The highest BCUT2D eigenvalue weighted by Crippen LogP contribution is 2.12. The predicted molar refractivity (Wildman–Crippen MR) is 31.8 cm³/mol. The Bertz CT molecular complexity index is 241. The molecule has 54 valence electrons. The van der Waals surface area contributed by atoms with Gasteiger partial charge in [0.25, 0.3) is 0 Å². The molecule has 10 heavy (non-hydrogen) atoms. The second-order valence-corrected chi connectivity index (χ2v) is 1.92. The van der Waals surface area contributed by atoms with Gasteiger partial charge in [0.15, 0.2) is 11.0 Å². The predicted octanol–water partition coefficient (Wildman–Crippen LogP) is 1.74. The smallest absolute Gasteiger partial charge is 0.184 e. The number of halogens is 3. The molecule has 1 rings (SSSR count). The molecule has 0 unspecified atom stereocenters. The van der Waals surface area contributed by atoms with Crippen molar-refractivity contribution in [2.45, 2.75) is 6.67 Å². The summed E-state index contributed by atoms with van der Waals surface area (Å²) in [7, 11) is 0.